The molecule has 0 N–H and O–H groups in total. The fourth-order valence-corrected chi connectivity index (χ4v) is 8.08. The van der Waals surface area contributed by atoms with Gasteiger partial charge in [0.15, 0.2) is 5.78 Å². The van der Waals surface area contributed by atoms with E-state index in [9.17, 15) is 9.59 Å². The van der Waals surface area contributed by atoms with Gasteiger partial charge in [-0.05, 0) is 91.7 Å². The highest BCUT2D eigenvalue weighted by Crippen LogP contribution is 2.69. The Bertz CT molecular complexity index is 1050. The molecule has 1 spiro atoms. The maximum Gasteiger partial charge on any atom is 0.306 e. The van der Waals surface area contributed by atoms with Gasteiger partial charge in [0.2, 0.25) is 0 Å². The van der Waals surface area contributed by atoms with Crippen molar-refractivity contribution in [2.24, 2.45) is 17.3 Å². The molecule has 6 rings (SSSR count). The van der Waals surface area contributed by atoms with Crippen molar-refractivity contribution in [3.05, 3.63) is 52.6 Å². The molecular formula is C28H32O4. The van der Waals surface area contributed by atoms with Crippen LogP contribution in [0.4, 0.5) is 0 Å². The Labute approximate surface area is 190 Å². The second-order valence-electron chi connectivity index (χ2n) is 10.8. The van der Waals surface area contributed by atoms with Gasteiger partial charge in [-0.2, -0.15) is 0 Å². The Morgan fingerprint density at radius 3 is 2.53 bits per heavy atom. The predicted molar refractivity (Wildman–Crippen MR) is 121 cm³/mol. The number of hydrogen-bond donors (Lipinski definition) is 0. The van der Waals surface area contributed by atoms with E-state index < -0.39 is 0 Å². The highest BCUT2D eigenvalue weighted by atomic mass is 16.6. The van der Waals surface area contributed by atoms with Gasteiger partial charge < -0.3 is 9.47 Å². The van der Waals surface area contributed by atoms with Gasteiger partial charge in [0.1, 0.15) is 11.4 Å². The third-order valence-electron chi connectivity index (χ3n) is 9.58. The van der Waals surface area contributed by atoms with Crippen LogP contribution in [0.3, 0.4) is 0 Å². The highest BCUT2D eigenvalue weighted by molar-refractivity contribution is 5.93. The number of hydrogen-bond acceptors (Lipinski definition) is 4. The molecule has 32 heavy (non-hydrogen) atoms. The van der Waals surface area contributed by atoms with Gasteiger partial charge in [0.25, 0.3) is 0 Å². The van der Waals surface area contributed by atoms with E-state index in [0.29, 0.717) is 30.6 Å². The van der Waals surface area contributed by atoms with Crippen molar-refractivity contribution in [1.82, 2.24) is 0 Å². The summed E-state index contributed by atoms with van der Waals surface area (Å²) in [6, 6.07) is 8.56. The Kier molecular flexibility index (Phi) is 4.48. The zero-order valence-electron chi connectivity index (χ0n) is 19.1. The standard InChI is InChI=1S/C28H32O4/c1-27-16-23(17-3-7-20(31-2)8-4-17)26-21-10-6-19(29)15-18(21)5-9-22(26)24(27)11-13-28(27)14-12-25(30)32-28/h3-4,7-8,15,22-24H,5-6,9-14,16H2,1-2H3/t22?,23-,24?,27+,28+/m1/s1. The summed E-state index contributed by atoms with van der Waals surface area (Å²) in [5.74, 6) is 2.49. The summed E-state index contributed by atoms with van der Waals surface area (Å²) >= 11 is 0. The van der Waals surface area contributed by atoms with Crippen LogP contribution in [0, 0.1) is 17.3 Å². The molecule has 0 bridgehead atoms. The molecule has 4 aliphatic carbocycles. The maximum atomic E-state index is 12.3. The second-order valence-corrected chi connectivity index (χ2v) is 10.8. The molecule has 0 aromatic heterocycles. The van der Waals surface area contributed by atoms with Crippen LogP contribution in [-0.4, -0.2) is 24.5 Å². The fraction of sp³-hybridized carbons (Fsp3) is 0.571. The average molecular weight is 433 g/mol. The second kappa shape index (κ2) is 7.07. The molecule has 1 aromatic carbocycles. The number of fused-ring (bicyclic) bond motifs is 5. The number of rotatable bonds is 2. The number of benzene rings is 1. The van der Waals surface area contributed by atoms with Crippen molar-refractivity contribution in [1.29, 1.82) is 0 Å². The van der Waals surface area contributed by atoms with Crippen molar-refractivity contribution in [3.8, 4) is 5.75 Å². The van der Waals surface area contributed by atoms with Crippen LogP contribution in [-0.2, 0) is 14.3 Å². The zero-order valence-corrected chi connectivity index (χ0v) is 19.1. The minimum Gasteiger partial charge on any atom is -0.497 e. The predicted octanol–water partition coefficient (Wildman–Crippen LogP) is 5.67. The molecule has 168 valence electrons. The third kappa shape index (κ3) is 2.74. The van der Waals surface area contributed by atoms with Crippen molar-refractivity contribution in [2.45, 2.75) is 76.2 Å². The lowest BCUT2D eigenvalue weighted by Crippen LogP contribution is -2.51. The average Bonchev–Trinajstić information content (AvgIpc) is 3.32. The largest absolute Gasteiger partial charge is 0.497 e. The van der Waals surface area contributed by atoms with Gasteiger partial charge in [-0.3, -0.25) is 9.59 Å². The lowest BCUT2D eigenvalue weighted by atomic mass is 9.51. The van der Waals surface area contributed by atoms with Gasteiger partial charge in [-0.1, -0.05) is 24.6 Å². The molecule has 1 aliphatic heterocycles. The van der Waals surface area contributed by atoms with Crippen LogP contribution in [0.25, 0.3) is 0 Å². The van der Waals surface area contributed by atoms with Crippen LogP contribution in [0.15, 0.2) is 47.1 Å². The van der Waals surface area contributed by atoms with Crippen molar-refractivity contribution in [3.63, 3.8) is 0 Å². The number of ketones is 1. The van der Waals surface area contributed by atoms with E-state index in [4.69, 9.17) is 9.47 Å². The van der Waals surface area contributed by atoms with Crippen molar-refractivity contribution >= 4 is 11.8 Å². The van der Waals surface area contributed by atoms with E-state index in [2.05, 4.69) is 31.2 Å². The minimum absolute atomic E-state index is 0.00974. The molecule has 4 nitrogen and oxygen atoms in total. The van der Waals surface area contributed by atoms with E-state index in [1.165, 1.54) is 16.7 Å². The Morgan fingerprint density at radius 1 is 1.00 bits per heavy atom. The van der Waals surface area contributed by atoms with Crippen LogP contribution in [0.2, 0.25) is 0 Å². The number of carbonyl (C=O) groups is 2. The maximum absolute atomic E-state index is 12.3. The quantitative estimate of drug-likeness (QED) is 0.565. The van der Waals surface area contributed by atoms with Gasteiger partial charge in [-0.25, -0.2) is 0 Å². The number of methoxy groups -OCH3 is 1. The SMILES string of the molecule is COc1ccc([C@H]2C[C@@]3(C)C(CC[C@]34CCC(=O)O4)C3CCC4=CC(=O)CCC4=C32)cc1. The first-order chi connectivity index (χ1) is 15.4. The van der Waals surface area contributed by atoms with Gasteiger partial charge in [0, 0.05) is 24.2 Å². The Hall–Kier alpha value is -2.36. The van der Waals surface area contributed by atoms with Gasteiger partial charge in [-0.15, -0.1) is 0 Å². The molecular weight excluding hydrogens is 400 g/mol. The molecule has 1 heterocycles. The smallest absolute Gasteiger partial charge is 0.306 e. The van der Waals surface area contributed by atoms with E-state index in [0.717, 1.165) is 50.7 Å². The van der Waals surface area contributed by atoms with Crippen molar-refractivity contribution in [2.75, 3.05) is 7.11 Å². The van der Waals surface area contributed by atoms with Crippen molar-refractivity contribution < 1.29 is 19.1 Å². The summed E-state index contributed by atoms with van der Waals surface area (Å²) in [4.78, 5) is 24.4. The van der Waals surface area contributed by atoms with E-state index in [1.807, 2.05) is 6.08 Å². The van der Waals surface area contributed by atoms with E-state index in [1.54, 1.807) is 12.7 Å². The highest BCUT2D eigenvalue weighted by Gasteiger charge is 2.66. The molecule has 1 aromatic rings. The monoisotopic (exact) mass is 432 g/mol. The zero-order chi connectivity index (χ0) is 22.1. The minimum atomic E-state index is -0.297. The van der Waals surface area contributed by atoms with Gasteiger partial charge >= 0.3 is 5.97 Å². The number of allylic oxidation sites excluding steroid dienone is 4. The molecule has 5 atom stereocenters. The summed E-state index contributed by atoms with van der Waals surface area (Å²) in [6.07, 6.45) is 10.1. The lowest BCUT2D eigenvalue weighted by molar-refractivity contribution is -0.162. The van der Waals surface area contributed by atoms with Crippen LogP contribution < -0.4 is 4.74 Å². The fourth-order valence-electron chi connectivity index (χ4n) is 8.08. The molecule has 2 unspecified atom stereocenters. The molecule has 2 saturated carbocycles. The molecule has 0 amide bonds. The molecule has 5 aliphatic rings. The summed E-state index contributed by atoms with van der Waals surface area (Å²) in [7, 11) is 1.70. The topological polar surface area (TPSA) is 52.6 Å². The lowest BCUT2D eigenvalue weighted by Gasteiger charge is -2.54. The Morgan fingerprint density at radius 2 is 1.81 bits per heavy atom. The van der Waals surface area contributed by atoms with Crippen LogP contribution in [0.1, 0.15) is 76.2 Å². The molecule has 1 saturated heterocycles. The van der Waals surface area contributed by atoms with E-state index >= 15 is 0 Å². The summed E-state index contributed by atoms with van der Waals surface area (Å²) < 4.78 is 11.6. The summed E-state index contributed by atoms with van der Waals surface area (Å²) in [6.45, 7) is 2.41. The first-order valence-electron chi connectivity index (χ1n) is 12.3. The third-order valence-corrected chi connectivity index (χ3v) is 9.58. The summed E-state index contributed by atoms with van der Waals surface area (Å²) in [5, 5.41) is 0. The first-order valence-corrected chi connectivity index (χ1v) is 12.3. The van der Waals surface area contributed by atoms with Crippen LogP contribution >= 0.6 is 0 Å². The first kappa shape index (κ1) is 20.3. The number of ether oxygens (including phenoxy) is 2. The number of carbonyl (C=O) groups excluding carboxylic acids is 2. The molecule has 0 radical (unpaired) electrons. The van der Waals surface area contributed by atoms with Gasteiger partial charge in [0.05, 0.1) is 7.11 Å². The number of esters is 1. The Balaban J connectivity index is 1.50. The van der Waals surface area contributed by atoms with E-state index in [-0.39, 0.29) is 22.8 Å². The summed E-state index contributed by atoms with van der Waals surface area (Å²) in [5.41, 5.74) is 5.35. The normalized spacial score (nSPS) is 38.2. The van der Waals surface area contributed by atoms with Crippen LogP contribution in [0.5, 0.6) is 5.75 Å². The molecule has 3 fully saturated rings. The molecule has 4 heteroatoms.